The Kier molecular flexibility index (Phi) is 4.59. The van der Waals surface area contributed by atoms with E-state index >= 15 is 0 Å². The van der Waals surface area contributed by atoms with Crippen LogP contribution in [0.25, 0.3) is 0 Å². The first-order chi connectivity index (χ1) is 8.68. The maximum absolute atomic E-state index is 6.00. The van der Waals surface area contributed by atoms with Gasteiger partial charge in [0.25, 0.3) is 0 Å². The number of thiocarbonyl (C=S) groups is 1. The first-order valence-electron chi connectivity index (χ1n) is 6.70. The molecule has 0 spiro atoms. The molecule has 3 heteroatoms. The first kappa shape index (κ1) is 13.3. The second kappa shape index (κ2) is 6.19. The first-order valence-corrected chi connectivity index (χ1v) is 7.11. The summed E-state index contributed by atoms with van der Waals surface area (Å²) in [5.41, 5.74) is 7.71. The fourth-order valence-corrected chi connectivity index (χ4v) is 2.75. The van der Waals surface area contributed by atoms with Gasteiger partial charge >= 0.3 is 0 Å². The lowest BCUT2D eigenvalue weighted by atomic mass is 9.90. The minimum absolute atomic E-state index is 0.414. The second-order valence-corrected chi connectivity index (χ2v) is 5.57. The van der Waals surface area contributed by atoms with Crippen molar-refractivity contribution in [2.45, 2.75) is 39.0 Å². The molecule has 0 amide bonds. The Bertz CT molecular complexity index is 425. The van der Waals surface area contributed by atoms with E-state index in [0.29, 0.717) is 10.9 Å². The van der Waals surface area contributed by atoms with E-state index in [0.717, 1.165) is 23.5 Å². The van der Waals surface area contributed by atoms with Crippen LogP contribution in [0.15, 0.2) is 18.2 Å². The summed E-state index contributed by atoms with van der Waals surface area (Å²) in [5, 5.41) is 0. The Hall–Kier alpha value is -1.09. The lowest BCUT2D eigenvalue weighted by Crippen LogP contribution is -2.18. The minimum Gasteiger partial charge on any atom is -0.492 e. The number of benzene rings is 1. The van der Waals surface area contributed by atoms with Crippen LogP contribution < -0.4 is 10.5 Å². The van der Waals surface area contributed by atoms with E-state index in [1.54, 1.807) is 0 Å². The number of aryl methyl sites for hydroxylation is 1. The summed E-state index contributed by atoms with van der Waals surface area (Å²) in [7, 11) is 0. The topological polar surface area (TPSA) is 35.2 Å². The predicted molar refractivity (Wildman–Crippen MR) is 79.1 cm³/mol. The summed E-state index contributed by atoms with van der Waals surface area (Å²) in [6.45, 7) is 2.83. The van der Waals surface area contributed by atoms with Crippen molar-refractivity contribution >= 4 is 17.2 Å². The van der Waals surface area contributed by atoms with Crippen LogP contribution in [0.4, 0.5) is 0 Å². The summed E-state index contributed by atoms with van der Waals surface area (Å²) in [4.78, 5) is 0.414. The largest absolute Gasteiger partial charge is 0.492 e. The highest BCUT2D eigenvalue weighted by Crippen LogP contribution is 2.27. The number of nitrogens with two attached hydrogens (primary N) is 1. The van der Waals surface area contributed by atoms with Crippen LogP contribution in [0.1, 0.15) is 43.2 Å². The van der Waals surface area contributed by atoms with Crippen molar-refractivity contribution < 1.29 is 4.74 Å². The van der Waals surface area contributed by atoms with Gasteiger partial charge in [0.15, 0.2) is 0 Å². The van der Waals surface area contributed by atoms with Crippen LogP contribution in [0.5, 0.6) is 5.75 Å². The SMILES string of the molecule is Cc1cccc(C(N)=S)c1OCC1CCCCC1. The quantitative estimate of drug-likeness (QED) is 0.843. The number of rotatable bonds is 4. The molecule has 98 valence electrons. The minimum atomic E-state index is 0.414. The molecule has 0 radical (unpaired) electrons. The molecular weight excluding hydrogens is 242 g/mol. The lowest BCUT2D eigenvalue weighted by molar-refractivity contribution is 0.207. The number of hydrogen-bond acceptors (Lipinski definition) is 2. The van der Waals surface area contributed by atoms with Crippen LogP contribution >= 0.6 is 12.2 Å². The van der Waals surface area contributed by atoms with Crippen LogP contribution in [0, 0.1) is 12.8 Å². The van der Waals surface area contributed by atoms with E-state index in [1.165, 1.54) is 32.1 Å². The smallest absolute Gasteiger partial charge is 0.132 e. The molecule has 2 N–H and O–H groups in total. The fraction of sp³-hybridized carbons (Fsp3) is 0.533. The molecule has 1 aliphatic rings. The van der Waals surface area contributed by atoms with Crippen molar-refractivity contribution in [3.8, 4) is 5.75 Å². The Morgan fingerprint density at radius 3 is 2.72 bits per heavy atom. The summed E-state index contributed by atoms with van der Waals surface area (Å²) >= 11 is 5.08. The van der Waals surface area contributed by atoms with Gasteiger partial charge in [0.1, 0.15) is 10.7 Å². The maximum Gasteiger partial charge on any atom is 0.132 e. The Morgan fingerprint density at radius 1 is 1.33 bits per heavy atom. The van der Waals surface area contributed by atoms with Gasteiger partial charge in [-0.3, -0.25) is 0 Å². The van der Waals surface area contributed by atoms with E-state index in [-0.39, 0.29) is 0 Å². The van der Waals surface area contributed by atoms with Crippen molar-refractivity contribution in [1.82, 2.24) is 0 Å². The average molecular weight is 263 g/mol. The number of ether oxygens (including phenoxy) is 1. The van der Waals surface area contributed by atoms with Crippen LogP contribution in [-0.2, 0) is 0 Å². The normalized spacial score (nSPS) is 16.5. The molecule has 1 saturated carbocycles. The van der Waals surface area contributed by atoms with Crippen molar-refractivity contribution in [3.63, 3.8) is 0 Å². The van der Waals surface area contributed by atoms with E-state index < -0.39 is 0 Å². The van der Waals surface area contributed by atoms with Crippen LogP contribution in [0.2, 0.25) is 0 Å². The maximum atomic E-state index is 6.00. The zero-order valence-corrected chi connectivity index (χ0v) is 11.8. The summed E-state index contributed by atoms with van der Waals surface area (Å²) < 4.78 is 6.00. The predicted octanol–water partition coefficient (Wildman–Crippen LogP) is 3.59. The fourth-order valence-electron chi connectivity index (χ4n) is 2.59. The molecule has 1 aromatic rings. The van der Waals surface area contributed by atoms with E-state index in [4.69, 9.17) is 22.7 Å². The van der Waals surface area contributed by atoms with Gasteiger partial charge < -0.3 is 10.5 Å². The highest BCUT2D eigenvalue weighted by Gasteiger charge is 2.16. The zero-order chi connectivity index (χ0) is 13.0. The molecule has 0 atom stereocenters. The molecule has 0 saturated heterocycles. The van der Waals surface area contributed by atoms with Gasteiger partial charge in [-0.2, -0.15) is 0 Å². The van der Waals surface area contributed by atoms with E-state index in [2.05, 4.69) is 0 Å². The van der Waals surface area contributed by atoms with Gasteiger partial charge in [0.2, 0.25) is 0 Å². The van der Waals surface area contributed by atoms with Crippen molar-refractivity contribution in [2.24, 2.45) is 11.7 Å². The number of hydrogen-bond donors (Lipinski definition) is 1. The molecule has 2 rings (SSSR count). The second-order valence-electron chi connectivity index (χ2n) is 5.13. The molecule has 0 unspecified atom stereocenters. The van der Waals surface area contributed by atoms with Gasteiger partial charge in [-0.1, -0.05) is 43.6 Å². The molecule has 0 aliphatic heterocycles. The van der Waals surface area contributed by atoms with Crippen molar-refractivity contribution in [2.75, 3.05) is 6.61 Å². The van der Waals surface area contributed by atoms with Crippen molar-refractivity contribution in [1.29, 1.82) is 0 Å². The van der Waals surface area contributed by atoms with E-state index in [9.17, 15) is 0 Å². The Labute approximate surface area is 115 Å². The third-order valence-electron chi connectivity index (χ3n) is 3.67. The molecular formula is C15H21NOS. The molecule has 1 aromatic carbocycles. The molecule has 0 heterocycles. The molecule has 0 bridgehead atoms. The van der Waals surface area contributed by atoms with Gasteiger partial charge in [-0.25, -0.2) is 0 Å². The molecule has 1 aliphatic carbocycles. The van der Waals surface area contributed by atoms with Crippen molar-refractivity contribution in [3.05, 3.63) is 29.3 Å². The van der Waals surface area contributed by atoms with E-state index in [1.807, 2.05) is 25.1 Å². The third kappa shape index (κ3) is 3.22. The molecule has 18 heavy (non-hydrogen) atoms. The monoisotopic (exact) mass is 263 g/mol. The molecule has 1 fully saturated rings. The van der Waals surface area contributed by atoms with Gasteiger partial charge in [-0.05, 0) is 37.3 Å². The zero-order valence-electron chi connectivity index (χ0n) is 10.9. The highest BCUT2D eigenvalue weighted by molar-refractivity contribution is 7.80. The Balaban J connectivity index is 2.05. The molecule has 0 aromatic heterocycles. The van der Waals surface area contributed by atoms with Crippen LogP contribution in [-0.4, -0.2) is 11.6 Å². The van der Waals surface area contributed by atoms with Gasteiger partial charge in [-0.15, -0.1) is 0 Å². The van der Waals surface area contributed by atoms with Gasteiger partial charge in [0, 0.05) is 0 Å². The third-order valence-corrected chi connectivity index (χ3v) is 3.89. The molecule has 2 nitrogen and oxygen atoms in total. The summed E-state index contributed by atoms with van der Waals surface area (Å²) in [6.07, 6.45) is 6.62. The number of para-hydroxylation sites is 1. The summed E-state index contributed by atoms with van der Waals surface area (Å²) in [5.74, 6) is 1.56. The Morgan fingerprint density at radius 2 is 2.06 bits per heavy atom. The van der Waals surface area contributed by atoms with Gasteiger partial charge in [0.05, 0.1) is 12.2 Å². The average Bonchev–Trinajstić information content (AvgIpc) is 2.38. The lowest BCUT2D eigenvalue weighted by Gasteiger charge is -2.23. The standard InChI is InChI=1S/C15H21NOS/c1-11-6-5-9-13(15(16)18)14(11)17-10-12-7-3-2-4-8-12/h5-6,9,12H,2-4,7-8,10H2,1H3,(H2,16,18). The highest BCUT2D eigenvalue weighted by atomic mass is 32.1. The summed E-state index contributed by atoms with van der Waals surface area (Å²) in [6, 6.07) is 5.95. The van der Waals surface area contributed by atoms with Crippen LogP contribution in [0.3, 0.4) is 0 Å².